The number of aliphatic hydroxyl groups is 2. The van der Waals surface area contributed by atoms with Crippen LogP contribution in [0.1, 0.15) is 27.2 Å². The lowest BCUT2D eigenvalue weighted by Crippen LogP contribution is -2.50. The standard InChI is InChI=1S/C13H23NO6/c1-13(2,3)20-12(18)14-9(7-16)5-8(6-15)10(14)11(17)19-4/h8-10,15-16H,5-7H2,1-4H3/t8-,9+,10+/m0/s1. The van der Waals surface area contributed by atoms with E-state index < -0.39 is 35.7 Å². The van der Waals surface area contributed by atoms with Crippen molar-refractivity contribution in [1.82, 2.24) is 4.90 Å². The molecule has 0 aliphatic carbocycles. The molecule has 7 nitrogen and oxygen atoms in total. The second-order valence-corrected chi connectivity index (χ2v) is 5.87. The predicted octanol–water partition coefficient (Wildman–Crippen LogP) is 0.138. The molecule has 0 aromatic carbocycles. The Balaban J connectivity index is 3.01. The number of rotatable bonds is 3. The number of likely N-dealkylation sites (tertiary alicyclic amines) is 1. The number of hydrogen-bond acceptors (Lipinski definition) is 6. The topological polar surface area (TPSA) is 96.3 Å². The maximum absolute atomic E-state index is 12.2. The fourth-order valence-electron chi connectivity index (χ4n) is 2.39. The van der Waals surface area contributed by atoms with Crippen LogP contribution in [0.25, 0.3) is 0 Å². The average molecular weight is 289 g/mol. The Kier molecular flexibility index (Phi) is 5.35. The molecule has 7 heteroatoms. The van der Waals surface area contributed by atoms with Crippen molar-refractivity contribution in [1.29, 1.82) is 0 Å². The Hall–Kier alpha value is -1.34. The molecule has 0 radical (unpaired) electrons. The van der Waals surface area contributed by atoms with Gasteiger partial charge in [-0.05, 0) is 27.2 Å². The molecular formula is C13H23NO6. The predicted molar refractivity (Wildman–Crippen MR) is 69.9 cm³/mol. The summed E-state index contributed by atoms with van der Waals surface area (Å²) in [5, 5.41) is 18.7. The van der Waals surface area contributed by atoms with Crippen molar-refractivity contribution in [3.05, 3.63) is 0 Å². The van der Waals surface area contributed by atoms with Gasteiger partial charge in [0.1, 0.15) is 11.6 Å². The number of aliphatic hydroxyl groups excluding tert-OH is 2. The zero-order valence-electron chi connectivity index (χ0n) is 12.3. The monoisotopic (exact) mass is 289 g/mol. The third kappa shape index (κ3) is 3.61. The van der Waals surface area contributed by atoms with E-state index in [2.05, 4.69) is 4.74 Å². The molecular weight excluding hydrogens is 266 g/mol. The van der Waals surface area contributed by atoms with Crippen molar-refractivity contribution in [3.63, 3.8) is 0 Å². The van der Waals surface area contributed by atoms with E-state index in [4.69, 9.17) is 4.74 Å². The van der Waals surface area contributed by atoms with Gasteiger partial charge in [-0.2, -0.15) is 0 Å². The summed E-state index contributed by atoms with van der Waals surface area (Å²) in [5.41, 5.74) is -0.713. The quantitative estimate of drug-likeness (QED) is 0.717. The number of esters is 1. The van der Waals surface area contributed by atoms with Gasteiger partial charge >= 0.3 is 12.1 Å². The largest absolute Gasteiger partial charge is 0.467 e. The molecule has 0 bridgehead atoms. The summed E-state index contributed by atoms with van der Waals surface area (Å²) in [6.07, 6.45) is -0.366. The van der Waals surface area contributed by atoms with Crippen LogP contribution in [0.3, 0.4) is 0 Å². The molecule has 0 saturated carbocycles. The van der Waals surface area contributed by atoms with Gasteiger partial charge in [-0.25, -0.2) is 9.59 Å². The zero-order chi connectivity index (χ0) is 15.5. The molecule has 116 valence electrons. The van der Waals surface area contributed by atoms with Crippen LogP contribution in [-0.2, 0) is 14.3 Å². The molecule has 1 aliphatic heterocycles. The van der Waals surface area contributed by atoms with Crippen LogP contribution >= 0.6 is 0 Å². The van der Waals surface area contributed by atoms with E-state index in [1.165, 1.54) is 12.0 Å². The van der Waals surface area contributed by atoms with Crippen LogP contribution in [0.2, 0.25) is 0 Å². The highest BCUT2D eigenvalue weighted by Crippen LogP contribution is 2.32. The van der Waals surface area contributed by atoms with Gasteiger partial charge in [-0.3, -0.25) is 4.90 Å². The Labute approximate surface area is 118 Å². The van der Waals surface area contributed by atoms with Crippen molar-refractivity contribution >= 4 is 12.1 Å². The zero-order valence-corrected chi connectivity index (χ0v) is 12.3. The van der Waals surface area contributed by atoms with Crippen LogP contribution in [0.15, 0.2) is 0 Å². The number of ether oxygens (including phenoxy) is 2. The van der Waals surface area contributed by atoms with Crippen LogP contribution in [-0.4, -0.2) is 65.2 Å². The van der Waals surface area contributed by atoms with E-state index in [0.29, 0.717) is 6.42 Å². The van der Waals surface area contributed by atoms with E-state index in [1.807, 2.05) is 0 Å². The first-order valence-corrected chi connectivity index (χ1v) is 6.56. The van der Waals surface area contributed by atoms with Crippen LogP contribution in [0.5, 0.6) is 0 Å². The lowest BCUT2D eigenvalue weighted by molar-refractivity contribution is -0.148. The first kappa shape index (κ1) is 16.7. The molecule has 20 heavy (non-hydrogen) atoms. The number of hydrogen-bond donors (Lipinski definition) is 2. The van der Waals surface area contributed by atoms with E-state index in [9.17, 15) is 19.8 Å². The van der Waals surface area contributed by atoms with E-state index in [-0.39, 0.29) is 13.2 Å². The molecule has 1 saturated heterocycles. The third-order valence-corrected chi connectivity index (χ3v) is 3.21. The number of amides is 1. The van der Waals surface area contributed by atoms with E-state index in [1.54, 1.807) is 20.8 Å². The molecule has 1 amide bonds. The minimum atomic E-state index is -0.933. The van der Waals surface area contributed by atoms with Crippen LogP contribution < -0.4 is 0 Å². The lowest BCUT2D eigenvalue weighted by atomic mass is 10.0. The number of carbonyl (C=O) groups is 2. The van der Waals surface area contributed by atoms with Crippen molar-refractivity contribution in [2.45, 2.75) is 44.9 Å². The molecule has 0 aromatic rings. The van der Waals surface area contributed by atoms with Gasteiger partial charge in [0.15, 0.2) is 0 Å². The summed E-state index contributed by atoms with van der Waals surface area (Å²) in [5.74, 6) is -1.09. The molecule has 1 rings (SSSR count). The van der Waals surface area contributed by atoms with Crippen LogP contribution in [0, 0.1) is 5.92 Å². The Morgan fingerprint density at radius 3 is 2.25 bits per heavy atom. The van der Waals surface area contributed by atoms with Gasteiger partial charge in [-0.1, -0.05) is 0 Å². The molecule has 0 spiro atoms. The summed E-state index contributed by atoms with van der Waals surface area (Å²) in [4.78, 5) is 25.3. The van der Waals surface area contributed by atoms with Gasteiger partial charge in [0.05, 0.1) is 19.8 Å². The Morgan fingerprint density at radius 2 is 1.85 bits per heavy atom. The molecule has 1 heterocycles. The summed E-state index contributed by atoms with van der Waals surface area (Å²) in [7, 11) is 1.22. The molecule has 3 atom stereocenters. The molecule has 1 aliphatic rings. The van der Waals surface area contributed by atoms with Crippen molar-refractivity contribution in [2.75, 3.05) is 20.3 Å². The molecule has 0 aromatic heterocycles. The maximum Gasteiger partial charge on any atom is 0.411 e. The van der Waals surface area contributed by atoms with Gasteiger partial charge in [0.25, 0.3) is 0 Å². The fourth-order valence-corrected chi connectivity index (χ4v) is 2.39. The first-order valence-electron chi connectivity index (χ1n) is 6.56. The van der Waals surface area contributed by atoms with Crippen molar-refractivity contribution in [3.8, 4) is 0 Å². The molecule has 2 N–H and O–H groups in total. The minimum Gasteiger partial charge on any atom is -0.467 e. The third-order valence-electron chi connectivity index (χ3n) is 3.21. The van der Waals surface area contributed by atoms with Crippen LogP contribution in [0.4, 0.5) is 4.79 Å². The fraction of sp³-hybridized carbons (Fsp3) is 0.846. The molecule has 1 fully saturated rings. The number of nitrogens with zero attached hydrogens (tertiary/aromatic N) is 1. The second kappa shape index (κ2) is 6.41. The highest BCUT2D eigenvalue weighted by atomic mass is 16.6. The minimum absolute atomic E-state index is 0.268. The number of carbonyl (C=O) groups excluding carboxylic acids is 2. The smallest absolute Gasteiger partial charge is 0.411 e. The Bertz CT molecular complexity index is 364. The summed E-state index contributed by atoms with van der Waals surface area (Å²) in [6.45, 7) is 4.57. The second-order valence-electron chi connectivity index (χ2n) is 5.87. The highest BCUT2D eigenvalue weighted by Gasteiger charge is 2.49. The normalized spacial score (nSPS) is 26.5. The van der Waals surface area contributed by atoms with Gasteiger partial charge in [0, 0.05) is 12.5 Å². The summed E-state index contributed by atoms with van der Waals surface area (Å²) < 4.78 is 9.95. The van der Waals surface area contributed by atoms with Crippen molar-refractivity contribution < 1.29 is 29.3 Å². The first-order chi connectivity index (χ1) is 9.25. The number of methoxy groups -OCH3 is 1. The average Bonchev–Trinajstić information content (AvgIpc) is 2.74. The summed E-state index contributed by atoms with van der Waals surface area (Å²) >= 11 is 0. The van der Waals surface area contributed by atoms with E-state index in [0.717, 1.165) is 0 Å². The Morgan fingerprint density at radius 1 is 1.25 bits per heavy atom. The highest BCUT2D eigenvalue weighted by molar-refractivity contribution is 5.83. The van der Waals surface area contributed by atoms with E-state index >= 15 is 0 Å². The summed E-state index contributed by atoms with van der Waals surface area (Å²) in [6, 6.07) is -1.50. The van der Waals surface area contributed by atoms with Crippen molar-refractivity contribution in [2.24, 2.45) is 5.92 Å². The molecule has 0 unspecified atom stereocenters. The lowest BCUT2D eigenvalue weighted by Gasteiger charge is -2.31. The SMILES string of the molecule is COC(=O)[C@H]1[C@H](CO)C[C@H](CO)N1C(=O)OC(C)(C)C. The maximum atomic E-state index is 12.2. The van der Waals surface area contributed by atoms with Gasteiger partial charge < -0.3 is 19.7 Å². The van der Waals surface area contributed by atoms with Gasteiger partial charge in [0.2, 0.25) is 0 Å². The van der Waals surface area contributed by atoms with Gasteiger partial charge in [-0.15, -0.1) is 0 Å².